The molecule has 4 rings (SSSR count). The van der Waals surface area contributed by atoms with Crippen molar-refractivity contribution in [2.24, 2.45) is 11.8 Å². The van der Waals surface area contributed by atoms with Gasteiger partial charge in [0.2, 0.25) is 5.91 Å². The summed E-state index contributed by atoms with van der Waals surface area (Å²) in [6.07, 6.45) is 2.44. The second-order valence-electron chi connectivity index (χ2n) is 10.2. The van der Waals surface area contributed by atoms with Crippen LogP contribution in [-0.4, -0.2) is 55.2 Å². The summed E-state index contributed by atoms with van der Waals surface area (Å²) in [7, 11) is 0. The third-order valence-corrected chi connectivity index (χ3v) is 6.80. The molecule has 2 aliphatic heterocycles. The molecule has 6 nitrogen and oxygen atoms in total. The Morgan fingerprint density at radius 1 is 1.16 bits per heavy atom. The molecule has 2 aliphatic rings. The van der Waals surface area contributed by atoms with Gasteiger partial charge in [0.05, 0.1) is 5.69 Å². The van der Waals surface area contributed by atoms with Gasteiger partial charge in [0.1, 0.15) is 11.6 Å². The maximum atomic E-state index is 13.2. The molecule has 2 fully saturated rings. The molecule has 1 amide bonds. The fourth-order valence-corrected chi connectivity index (χ4v) is 4.73. The predicted octanol–water partition coefficient (Wildman–Crippen LogP) is 3.62. The zero-order valence-electron chi connectivity index (χ0n) is 19.4. The van der Waals surface area contributed by atoms with E-state index in [1.165, 1.54) is 12.1 Å². The van der Waals surface area contributed by atoms with Gasteiger partial charge in [0, 0.05) is 49.8 Å². The van der Waals surface area contributed by atoms with Crippen molar-refractivity contribution in [3.8, 4) is 0 Å². The molecule has 2 atom stereocenters. The van der Waals surface area contributed by atoms with Crippen LogP contribution in [0.25, 0.3) is 0 Å². The van der Waals surface area contributed by atoms with Crippen molar-refractivity contribution >= 4 is 11.6 Å². The number of aromatic nitrogens is 1. The van der Waals surface area contributed by atoms with Gasteiger partial charge in [-0.1, -0.05) is 25.9 Å². The van der Waals surface area contributed by atoms with Crippen LogP contribution >= 0.6 is 0 Å². The number of hydrogen-bond donors (Lipinski definition) is 1. The van der Waals surface area contributed by atoms with Gasteiger partial charge < -0.3 is 19.6 Å². The van der Waals surface area contributed by atoms with Crippen LogP contribution < -0.4 is 10.2 Å². The van der Waals surface area contributed by atoms with Crippen molar-refractivity contribution in [2.45, 2.75) is 45.4 Å². The quantitative estimate of drug-likeness (QED) is 0.766. The lowest BCUT2D eigenvalue weighted by molar-refractivity contribution is -0.133. The summed E-state index contributed by atoms with van der Waals surface area (Å²) in [6, 6.07) is 8.66. The number of carbonyl (C=O) groups excluding carboxylic acids is 1. The predicted molar refractivity (Wildman–Crippen MR) is 123 cm³/mol. The molecule has 174 valence electrons. The van der Waals surface area contributed by atoms with E-state index in [9.17, 15) is 9.18 Å². The van der Waals surface area contributed by atoms with Crippen molar-refractivity contribution in [3.63, 3.8) is 0 Å². The standard InChI is InChI=1S/C25H35FN4O2/c1-25(2,3)23-16-21(28-32-23)14-19-17-27-9-8-18(19)15-24(31)30-12-10-29(11-13-30)22-6-4-20(26)5-7-22/h4-7,16,18-19,27H,8-15,17H2,1-3H3/t18-,19-/m0/s1. The molecule has 1 N–H and O–H groups in total. The number of halogens is 1. The fourth-order valence-electron chi connectivity index (χ4n) is 4.73. The van der Waals surface area contributed by atoms with E-state index >= 15 is 0 Å². The van der Waals surface area contributed by atoms with Crippen LogP contribution in [0.4, 0.5) is 10.1 Å². The van der Waals surface area contributed by atoms with E-state index in [0.29, 0.717) is 31.3 Å². The number of carbonyl (C=O) groups is 1. The van der Waals surface area contributed by atoms with Crippen LogP contribution in [-0.2, 0) is 16.6 Å². The number of piperazine rings is 1. The van der Waals surface area contributed by atoms with Gasteiger partial charge in [-0.25, -0.2) is 4.39 Å². The van der Waals surface area contributed by atoms with E-state index in [2.05, 4.69) is 42.2 Å². The highest BCUT2D eigenvalue weighted by atomic mass is 19.1. The van der Waals surface area contributed by atoms with Crippen molar-refractivity contribution < 1.29 is 13.7 Å². The van der Waals surface area contributed by atoms with Crippen LogP contribution in [0.5, 0.6) is 0 Å². The molecular formula is C25H35FN4O2. The molecule has 0 aliphatic carbocycles. The monoisotopic (exact) mass is 442 g/mol. The molecule has 0 spiro atoms. The minimum Gasteiger partial charge on any atom is -0.368 e. The Kier molecular flexibility index (Phi) is 6.84. The molecular weight excluding hydrogens is 407 g/mol. The molecule has 0 saturated carbocycles. The smallest absolute Gasteiger partial charge is 0.222 e. The van der Waals surface area contributed by atoms with E-state index in [1.807, 2.05) is 4.90 Å². The molecule has 3 heterocycles. The average Bonchev–Trinajstić information content (AvgIpc) is 3.25. The number of nitrogens with zero attached hydrogens (tertiary/aromatic N) is 3. The van der Waals surface area contributed by atoms with Crippen LogP contribution in [0.1, 0.15) is 45.1 Å². The van der Waals surface area contributed by atoms with Crippen molar-refractivity contribution in [1.29, 1.82) is 0 Å². The van der Waals surface area contributed by atoms with Crippen molar-refractivity contribution in [2.75, 3.05) is 44.2 Å². The van der Waals surface area contributed by atoms with Gasteiger partial charge in [-0.15, -0.1) is 0 Å². The van der Waals surface area contributed by atoms with Gasteiger partial charge in [-0.05, 0) is 62.0 Å². The normalized spacial score (nSPS) is 22.2. The van der Waals surface area contributed by atoms with Crippen LogP contribution in [0, 0.1) is 17.7 Å². The summed E-state index contributed by atoms with van der Waals surface area (Å²) in [5.41, 5.74) is 1.94. The van der Waals surface area contributed by atoms with E-state index in [4.69, 9.17) is 4.52 Å². The SMILES string of the molecule is CC(C)(C)c1cc(C[C@H]2CNCC[C@H]2CC(=O)N2CCN(c3ccc(F)cc3)CC2)no1. The van der Waals surface area contributed by atoms with Gasteiger partial charge >= 0.3 is 0 Å². The molecule has 1 aromatic carbocycles. The van der Waals surface area contributed by atoms with Crippen LogP contribution in [0.15, 0.2) is 34.9 Å². The molecule has 7 heteroatoms. The number of rotatable bonds is 5. The lowest BCUT2D eigenvalue weighted by Gasteiger charge is -2.38. The minimum atomic E-state index is -0.223. The summed E-state index contributed by atoms with van der Waals surface area (Å²) >= 11 is 0. The average molecular weight is 443 g/mol. The Labute approximate surface area is 190 Å². The van der Waals surface area contributed by atoms with Gasteiger partial charge in [0.25, 0.3) is 0 Å². The largest absolute Gasteiger partial charge is 0.368 e. The van der Waals surface area contributed by atoms with Crippen LogP contribution in [0.2, 0.25) is 0 Å². The Hall–Kier alpha value is -2.41. The first-order valence-corrected chi connectivity index (χ1v) is 11.7. The molecule has 0 radical (unpaired) electrons. The highest BCUT2D eigenvalue weighted by Crippen LogP contribution is 2.29. The molecule has 2 saturated heterocycles. The van der Waals surface area contributed by atoms with Crippen molar-refractivity contribution in [3.05, 3.63) is 47.6 Å². The van der Waals surface area contributed by atoms with E-state index < -0.39 is 0 Å². The van der Waals surface area contributed by atoms with Crippen LogP contribution in [0.3, 0.4) is 0 Å². The molecule has 0 unspecified atom stereocenters. The highest BCUT2D eigenvalue weighted by Gasteiger charge is 2.31. The summed E-state index contributed by atoms with van der Waals surface area (Å²) in [5, 5.41) is 7.78. The first-order valence-electron chi connectivity index (χ1n) is 11.7. The summed E-state index contributed by atoms with van der Waals surface area (Å²) in [5.74, 6) is 1.67. The van der Waals surface area contributed by atoms with Gasteiger partial charge in [-0.3, -0.25) is 4.79 Å². The van der Waals surface area contributed by atoms with E-state index in [0.717, 1.165) is 56.2 Å². The molecule has 2 aromatic rings. The third-order valence-electron chi connectivity index (χ3n) is 6.80. The zero-order valence-corrected chi connectivity index (χ0v) is 19.4. The Bertz CT molecular complexity index is 897. The molecule has 1 aromatic heterocycles. The highest BCUT2D eigenvalue weighted by molar-refractivity contribution is 5.77. The molecule has 32 heavy (non-hydrogen) atoms. The summed E-state index contributed by atoms with van der Waals surface area (Å²) in [6.45, 7) is 11.2. The fraction of sp³-hybridized carbons (Fsp3) is 0.600. The Morgan fingerprint density at radius 2 is 1.88 bits per heavy atom. The van der Waals surface area contributed by atoms with Gasteiger partial charge in [-0.2, -0.15) is 0 Å². The maximum Gasteiger partial charge on any atom is 0.222 e. The number of piperidine rings is 1. The number of benzene rings is 1. The number of nitrogens with one attached hydrogen (secondary N) is 1. The number of amides is 1. The summed E-state index contributed by atoms with van der Waals surface area (Å²) < 4.78 is 18.7. The number of anilines is 1. The lowest BCUT2D eigenvalue weighted by Crippen LogP contribution is -2.50. The second kappa shape index (κ2) is 9.61. The van der Waals surface area contributed by atoms with Crippen molar-refractivity contribution in [1.82, 2.24) is 15.4 Å². The second-order valence-corrected chi connectivity index (χ2v) is 10.2. The summed E-state index contributed by atoms with van der Waals surface area (Å²) in [4.78, 5) is 17.3. The molecule has 0 bridgehead atoms. The maximum absolute atomic E-state index is 13.2. The Balaban J connectivity index is 1.31. The Morgan fingerprint density at radius 3 is 2.53 bits per heavy atom. The first kappa shape index (κ1) is 22.8. The van der Waals surface area contributed by atoms with Gasteiger partial charge in [0.15, 0.2) is 0 Å². The zero-order chi connectivity index (χ0) is 22.7. The lowest BCUT2D eigenvalue weighted by atomic mass is 9.80. The number of hydrogen-bond acceptors (Lipinski definition) is 5. The topological polar surface area (TPSA) is 61.6 Å². The van der Waals surface area contributed by atoms with E-state index in [-0.39, 0.29) is 17.1 Å². The van der Waals surface area contributed by atoms with E-state index in [1.54, 1.807) is 12.1 Å². The minimum absolute atomic E-state index is 0.0541. The third kappa shape index (κ3) is 5.49. The first-order chi connectivity index (χ1) is 15.3.